The summed E-state index contributed by atoms with van der Waals surface area (Å²) in [6.45, 7) is 1.31. The Morgan fingerprint density at radius 3 is 2.56 bits per heavy atom. The molecule has 0 aromatic rings. The smallest absolute Gasteiger partial charge is 0.151 e. The molecule has 2 heterocycles. The number of hydrogen-bond donors (Lipinski definition) is 2. The lowest BCUT2D eigenvalue weighted by molar-refractivity contribution is 0.00790. The molecule has 0 aromatic heterocycles. The molecule has 5 nitrogen and oxygen atoms in total. The van der Waals surface area contributed by atoms with Gasteiger partial charge in [0.2, 0.25) is 0 Å². The van der Waals surface area contributed by atoms with Gasteiger partial charge in [-0.1, -0.05) is 0 Å². The maximum atomic E-state index is 11.3. The van der Waals surface area contributed by atoms with Gasteiger partial charge in [0.05, 0.1) is 18.1 Å². The molecule has 0 bridgehead atoms. The molecule has 6 heteroatoms. The van der Waals surface area contributed by atoms with Crippen LogP contribution in [0.25, 0.3) is 0 Å². The fourth-order valence-corrected chi connectivity index (χ4v) is 4.13. The Morgan fingerprint density at radius 1 is 1.38 bits per heavy atom. The lowest BCUT2D eigenvalue weighted by atomic mass is 9.90. The zero-order chi connectivity index (χ0) is 11.6. The average Bonchev–Trinajstić information content (AvgIpc) is 2.59. The van der Waals surface area contributed by atoms with Crippen LogP contribution in [0.3, 0.4) is 0 Å². The van der Waals surface area contributed by atoms with E-state index in [4.69, 9.17) is 4.74 Å². The summed E-state index contributed by atoms with van der Waals surface area (Å²) >= 11 is 0. The van der Waals surface area contributed by atoms with E-state index in [1.54, 1.807) is 0 Å². The van der Waals surface area contributed by atoms with E-state index >= 15 is 0 Å². The molecule has 0 spiro atoms. The Morgan fingerprint density at radius 2 is 2.06 bits per heavy atom. The van der Waals surface area contributed by atoms with Crippen LogP contribution in [0.2, 0.25) is 0 Å². The molecule has 0 amide bonds. The van der Waals surface area contributed by atoms with Crippen molar-refractivity contribution in [3.63, 3.8) is 0 Å². The lowest BCUT2D eigenvalue weighted by Gasteiger charge is -2.38. The molecule has 2 rings (SSSR count). The van der Waals surface area contributed by atoms with Crippen LogP contribution in [0.5, 0.6) is 0 Å². The molecule has 2 aliphatic rings. The molecule has 0 aliphatic carbocycles. The molecule has 16 heavy (non-hydrogen) atoms. The zero-order valence-electron chi connectivity index (χ0n) is 9.31. The molecule has 94 valence electrons. The number of nitrogens with one attached hydrogen (secondary N) is 1. The van der Waals surface area contributed by atoms with Crippen molar-refractivity contribution in [3.05, 3.63) is 0 Å². The molecule has 2 aliphatic heterocycles. The highest BCUT2D eigenvalue weighted by molar-refractivity contribution is 7.91. The van der Waals surface area contributed by atoms with Crippen molar-refractivity contribution in [2.75, 3.05) is 31.3 Å². The van der Waals surface area contributed by atoms with Gasteiger partial charge in [-0.2, -0.15) is 0 Å². The first kappa shape index (κ1) is 12.3. The summed E-state index contributed by atoms with van der Waals surface area (Å²) in [5.74, 6) is 0.471. The van der Waals surface area contributed by atoms with Gasteiger partial charge in [0.25, 0.3) is 0 Å². The summed E-state index contributed by atoms with van der Waals surface area (Å²) in [7, 11) is -2.86. The molecule has 2 fully saturated rings. The van der Waals surface area contributed by atoms with E-state index in [2.05, 4.69) is 5.32 Å². The Hall–Kier alpha value is -0.170. The summed E-state index contributed by atoms with van der Waals surface area (Å²) < 4.78 is 28.0. The van der Waals surface area contributed by atoms with Crippen LogP contribution in [0.1, 0.15) is 19.3 Å². The first-order valence-electron chi connectivity index (χ1n) is 5.72. The maximum Gasteiger partial charge on any atom is 0.151 e. The highest BCUT2D eigenvalue weighted by atomic mass is 32.2. The van der Waals surface area contributed by atoms with Crippen LogP contribution < -0.4 is 5.32 Å². The van der Waals surface area contributed by atoms with Crippen LogP contribution >= 0.6 is 0 Å². The number of aliphatic hydroxyl groups excluding tert-OH is 1. The second-order valence-electron chi connectivity index (χ2n) is 4.80. The van der Waals surface area contributed by atoms with E-state index < -0.39 is 9.84 Å². The first-order valence-corrected chi connectivity index (χ1v) is 7.54. The Labute approximate surface area is 96.1 Å². The van der Waals surface area contributed by atoms with E-state index in [0.717, 1.165) is 12.8 Å². The minimum absolute atomic E-state index is 0.00440. The predicted octanol–water partition coefficient (Wildman–Crippen LogP) is -0.695. The number of ether oxygens (including phenoxy) is 1. The number of sulfone groups is 1. The van der Waals surface area contributed by atoms with Gasteiger partial charge in [0.1, 0.15) is 0 Å². The fourth-order valence-electron chi connectivity index (χ4n) is 2.45. The Kier molecular flexibility index (Phi) is 3.53. The van der Waals surface area contributed by atoms with Crippen molar-refractivity contribution >= 4 is 9.84 Å². The third-order valence-corrected chi connectivity index (χ3v) is 5.26. The Bertz CT molecular complexity index is 335. The highest BCUT2D eigenvalue weighted by Crippen LogP contribution is 2.23. The topological polar surface area (TPSA) is 75.6 Å². The molecule has 2 N–H and O–H groups in total. The van der Waals surface area contributed by atoms with Crippen molar-refractivity contribution in [1.29, 1.82) is 0 Å². The van der Waals surface area contributed by atoms with Gasteiger partial charge in [0.15, 0.2) is 9.84 Å². The van der Waals surface area contributed by atoms with Crippen LogP contribution in [-0.4, -0.2) is 56.4 Å². The van der Waals surface area contributed by atoms with Crippen molar-refractivity contribution in [2.24, 2.45) is 0 Å². The average molecular weight is 249 g/mol. The monoisotopic (exact) mass is 249 g/mol. The molecule has 0 saturated carbocycles. The summed E-state index contributed by atoms with van der Waals surface area (Å²) in [5.41, 5.74) is -0.331. The third kappa shape index (κ3) is 2.74. The summed E-state index contributed by atoms with van der Waals surface area (Å²) in [5, 5.41) is 12.8. The standard InChI is InChI=1S/C10H19NO4S/c12-8-10(2-4-15-5-3-10)11-9-1-6-16(13,14)7-9/h9,11-12H,1-8H2. The van der Waals surface area contributed by atoms with Gasteiger partial charge >= 0.3 is 0 Å². The van der Waals surface area contributed by atoms with Crippen LogP contribution in [0.15, 0.2) is 0 Å². The number of hydrogen-bond acceptors (Lipinski definition) is 5. The fraction of sp³-hybridized carbons (Fsp3) is 1.00. The summed E-state index contributed by atoms with van der Waals surface area (Å²) in [6, 6.07) is -0.00440. The minimum Gasteiger partial charge on any atom is -0.394 e. The lowest BCUT2D eigenvalue weighted by Crippen LogP contribution is -2.56. The van der Waals surface area contributed by atoms with Gasteiger partial charge in [-0.15, -0.1) is 0 Å². The van der Waals surface area contributed by atoms with Crippen molar-refractivity contribution < 1.29 is 18.3 Å². The number of aliphatic hydroxyl groups is 1. The van der Waals surface area contributed by atoms with E-state index in [0.29, 0.717) is 19.6 Å². The van der Waals surface area contributed by atoms with Gasteiger partial charge in [-0.05, 0) is 19.3 Å². The summed E-state index contributed by atoms with van der Waals surface area (Å²) in [4.78, 5) is 0. The second kappa shape index (κ2) is 4.60. The van der Waals surface area contributed by atoms with Crippen molar-refractivity contribution in [2.45, 2.75) is 30.8 Å². The second-order valence-corrected chi connectivity index (χ2v) is 7.02. The maximum absolute atomic E-state index is 11.3. The largest absolute Gasteiger partial charge is 0.394 e. The molecule has 1 atom stereocenters. The van der Waals surface area contributed by atoms with Gasteiger partial charge in [-0.3, -0.25) is 0 Å². The predicted molar refractivity (Wildman–Crippen MR) is 60.1 cm³/mol. The first-order chi connectivity index (χ1) is 7.55. The van der Waals surface area contributed by atoms with E-state index in [-0.39, 0.29) is 29.7 Å². The number of rotatable bonds is 3. The van der Waals surface area contributed by atoms with E-state index in [1.165, 1.54) is 0 Å². The molecular formula is C10H19NO4S. The zero-order valence-corrected chi connectivity index (χ0v) is 10.1. The molecular weight excluding hydrogens is 230 g/mol. The normalized spacial score (nSPS) is 32.7. The molecule has 2 saturated heterocycles. The highest BCUT2D eigenvalue weighted by Gasteiger charge is 2.37. The van der Waals surface area contributed by atoms with Crippen LogP contribution in [0.4, 0.5) is 0 Å². The van der Waals surface area contributed by atoms with Crippen LogP contribution in [-0.2, 0) is 14.6 Å². The van der Waals surface area contributed by atoms with Gasteiger partial charge in [0, 0.05) is 24.8 Å². The van der Waals surface area contributed by atoms with Gasteiger partial charge in [-0.25, -0.2) is 8.42 Å². The quantitative estimate of drug-likeness (QED) is 0.692. The van der Waals surface area contributed by atoms with Crippen LogP contribution in [0, 0.1) is 0 Å². The SMILES string of the molecule is O=S1(=O)CCC(NC2(CO)CCOCC2)C1. The molecule has 0 aromatic carbocycles. The van der Waals surface area contributed by atoms with Crippen molar-refractivity contribution in [1.82, 2.24) is 5.32 Å². The van der Waals surface area contributed by atoms with Crippen molar-refractivity contribution in [3.8, 4) is 0 Å². The Balaban J connectivity index is 1.97. The molecule has 0 radical (unpaired) electrons. The van der Waals surface area contributed by atoms with Gasteiger partial charge < -0.3 is 15.2 Å². The van der Waals surface area contributed by atoms with E-state index in [1.807, 2.05) is 0 Å². The minimum atomic E-state index is -2.86. The molecule has 1 unspecified atom stereocenters. The third-order valence-electron chi connectivity index (χ3n) is 3.50. The van der Waals surface area contributed by atoms with E-state index in [9.17, 15) is 13.5 Å². The summed E-state index contributed by atoms with van der Waals surface area (Å²) in [6.07, 6.45) is 2.16.